The molecule has 2 N–H and O–H groups in total. The summed E-state index contributed by atoms with van der Waals surface area (Å²) in [6.07, 6.45) is 0.539. The summed E-state index contributed by atoms with van der Waals surface area (Å²) in [5.41, 5.74) is 6.29. The van der Waals surface area contributed by atoms with Crippen LogP contribution in [0.4, 0.5) is 14.5 Å². The van der Waals surface area contributed by atoms with Crippen LogP contribution < -0.4 is 15.2 Å². The van der Waals surface area contributed by atoms with E-state index in [0.717, 1.165) is 12.1 Å². The van der Waals surface area contributed by atoms with E-state index in [0.29, 0.717) is 24.5 Å². The number of nitrogen functional groups attached to an aromatic ring is 1. The van der Waals surface area contributed by atoms with Crippen LogP contribution >= 0.6 is 15.9 Å². The van der Waals surface area contributed by atoms with Crippen molar-refractivity contribution < 1.29 is 18.3 Å². The zero-order valence-electron chi connectivity index (χ0n) is 11.1. The van der Waals surface area contributed by atoms with Gasteiger partial charge in [-0.1, -0.05) is 12.1 Å². The molecule has 0 saturated carbocycles. The quantitative estimate of drug-likeness (QED) is 0.623. The SMILES string of the molecule is Nc1ccccc1OCCCOc1c(F)cc(F)cc1Br. The molecule has 6 heteroatoms. The van der Waals surface area contributed by atoms with Crippen LogP contribution in [0.3, 0.4) is 0 Å². The topological polar surface area (TPSA) is 44.5 Å². The largest absolute Gasteiger partial charge is 0.491 e. The fraction of sp³-hybridized carbons (Fsp3) is 0.200. The minimum Gasteiger partial charge on any atom is -0.491 e. The summed E-state index contributed by atoms with van der Waals surface area (Å²) >= 11 is 3.06. The average molecular weight is 358 g/mol. The lowest BCUT2D eigenvalue weighted by Crippen LogP contribution is -2.07. The predicted octanol–water partition coefficient (Wildman–Crippen LogP) is 4.16. The summed E-state index contributed by atoms with van der Waals surface area (Å²) in [4.78, 5) is 0. The second kappa shape index (κ2) is 7.26. The third-order valence-electron chi connectivity index (χ3n) is 2.67. The maximum Gasteiger partial charge on any atom is 0.169 e. The van der Waals surface area contributed by atoms with Gasteiger partial charge in [0.25, 0.3) is 0 Å². The Morgan fingerprint density at radius 1 is 1.05 bits per heavy atom. The Morgan fingerprint density at radius 2 is 1.76 bits per heavy atom. The van der Waals surface area contributed by atoms with Gasteiger partial charge in [0.2, 0.25) is 0 Å². The Labute approximate surface area is 129 Å². The summed E-state index contributed by atoms with van der Waals surface area (Å²) in [5.74, 6) is -0.799. The van der Waals surface area contributed by atoms with Crippen molar-refractivity contribution in [1.82, 2.24) is 0 Å². The lowest BCUT2D eigenvalue weighted by atomic mass is 10.3. The Bertz CT molecular complexity index is 599. The molecular weight excluding hydrogens is 344 g/mol. The second-order valence-corrected chi connectivity index (χ2v) is 5.14. The molecule has 0 spiro atoms. The van der Waals surface area contributed by atoms with Crippen LogP contribution in [-0.2, 0) is 0 Å². The molecule has 0 aliphatic rings. The highest BCUT2D eigenvalue weighted by Crippen LogP contribution is 2.29. The van der Waals surface area contributed by atoms with Crippen molar-refractivity contribution in [2.45, 2.75) is 6.42 Å². The highest BCUT2D eigenvalue weighted by atomic mass is 79.9. The van der Waals surface area contributed by atoms with E-state index in [2.05, 4.69) is 15.9 Å². The molecule has 0 saturated heterocycles. The van der Waals surface area contributed by atoms with Crippen molar-refractivity contribution in [1.29, 1.82) is 0 Å². The van der Waals surface area contributed by atoms with Crippen molar-refractivity contribution in [3.8, 4) is 11.5 Å². The Balaban J connectivity index is 1.79. The molecule has 0 aliphatic carbocycles. The first-order valence-electron chi connectivity index (χ1n) is 6.32. The molecule has 0 fully saturated rings. The zero-order valence-corrected chi connectivity index (χ0v) is 12.7. The molecule has 0 bridgehead atoms. The first-order chi connectivity index (χ1) is 10.1. The van der Waals surface area contributed by atoms with E-state index < -0.39 is 11.6 Å². The van der Waals surface area contributed by atoms with Gasteiger partial charge in [-0.05, 0) is 34.1 Å². The molecule has 0 heterocycles. The number of ether oxygens (including phenoxy) is 2. The molecule has 0 amide bonds. The molecule has 0 aliphatic heterocycles. The molecule has 0 unspecified atom stereocenters. The Hall–Kier alpha value is -1.82. The van der Waals surface area contributed by atoms with Gasteiger partial charge in [0.15, 0.2) is 11.6 Å². The van der Waals surface area contributed by atoms with Gasteiger partial charge >= 0.3 is 0 Å². The monoisotopic (exact) mass is 357 g/mol. The highest BCUT2D eigenvalue weighted by molar-refractivity contribution is 9.10. The Kier molecular flexibility index (Phi) is 5.38. The number of halogens is 3. The molecule has 0 aromatic heterocycles. The third-order valence-corrected chi connectivity index (χ3v) is 3.26. The number of rotatable bonds is 6. The van der Waals surface area contributed by atoms with Gasteiger partial charge in [0.1, 0.15) is 11.6 Å². The number of hydrogen-bond acceptors (Lipinski definition) is 3. The van der Waals surface area contributed by atoms with E-state index in [1.165, 1.54) is 0 Å². The molecular formula is C15H14BrF2NO2. The van der Waals surface area contributed by atoms with Crippen LogP contribution in [0.25, 0.3) is 0 Å². The van der Waals surface area contributed by atoms with Crippen LogP contribution in [0.5, 0.6) is 11.5 Å². The molecule has 0 atom stereocenters. The van der Waals surface area contributed by atoms with Gasteiger partial charge < -0.3 is 15.2 Å². The minimum absolute atomic E-state index is 0.00405. The second-order valence-electron chi connectivity index (χ2n) is 4.29. The number of anilines is 1. The fourth-order valence-electron chi connectivity index (χ4n) is 1.69. The summed E-state index contributed by atoms with van der Waals surface area (Å²) in [6, 6.07) is 9.09. The van der Waals surface area contributed by atoms with Gasteiger partial charge in [-0.2, -0.15) is 0 Å². The van der Waals surface area contributed by atoms with Crippen molar-refractivity contribution in [3.05, 3.63) is 52.5 Å². The fourth-order valence-corrected chi connectivity index (χ4v) is 2.22. The van der Waals surface area contributed by atoms with Gasteiger partial charge in [-0.15, -0.1) is 0 Å². The number of hydrogen-bond donors (Lipinski definition) is 1. The summed E-state index contributed by atoms with van der Waals surface area (Å²) < 4.78 is 37.4. The normalized spacial score (nSPS) is 10.4. The van der Waals surface area contributed by atoms with E-state index in [1.54, 1.807) is 12.1 Å². The molecule has 3 nitrogen and oxygen atoms in total. The van der Waals surface area contributed by atoms with E-state index in [9.17, 15) is 8.78 Å². The first-order valence-corrected chi connectivity index (χ1v) is 7.12. The lowest BCUT2D eigenvalue weighted by Gasteiger charge is -2.11. The zero-order chi connectivity index (χ0) is 15.2. The number of benzene rings is 2. The summed E-state index contributed by atoms with van der Waals surface area (Å²) in [6.45, 7) is 0.628. The van der Waals surface area contributed by atoms with E-state index >= 15 is 0 Å². The van der Waals surface area contributed by atoms with Crippen molar-refractivity contribution in [3.63, 3.8) is 0 Å². The number of nitrogens with two attached hydrogens (primary N) is 1. The van der Waals surface area contributed by atoms with Crippen LogP contribution in [0.2, 0.25) is 0 Å². The maximum absolute atomic E-state index is 13.5. The average Bonchev–Trinajstić information content (AvgIpc) is 2.42. The molecule has 112 valence electrons. The van der Waals surface area contributed by atoms with E-state index in [4.69, 9.17) is 15.2 Å². The summed E-state index contributed by atoms with van der Waals surface area (Å²) in [7, 11) is 0. The van der Waals surface area contributed by atoms with E-state index in [1.807, 2.05) is 12.1 Å². The predicted molar refractivity (Wildman–Crippen MR) is 80.5 cm³/mol. The lowest BCUT2D eigenvalue weighted by molar-refractivity contribution is 0.240. The van der Waals surface area contributed by atoms with Crippen molar-refractivity contribution in [2.24, 2.45) is 0 Å². The van der Waals surface area contributed by atoms with Crippen LogP contribution in [-0.4, -0.2) is 13.2 Å². The van der Waals surface area contributed by atoms with Crippen LogP contribution in [0, 0.1) is 11.6 Å². The van der Waals surface area contributed by atoms with Gasteiger partial charge in [-0.3, -0.25) is 0 Å². The van der Waals surface area contributed by atoms with Crippen LogP contribution in [0.15, 0.2) is 40.9 Å². The van der Waals surface area contributed by atoms with Gasteiger partial charge in [0.05, 0.1) is 23.4 Å². The number of para-hydroxylation sites is 2. The standard InChI is InChI=1S/C15H14BrF2NO2/c16-11-8-10(17)9-12(18)15(11)21-7-3-6-20-14-5-2-1-4-13(14)19/h1-2,4-5,8-9H,3,6-7,19H2. The van der Waals surface area contributed by atoms with Gasteiger partial charge in [-0.25, -0.2) is 8.78 Å². The van der Waals surface area contributed by atoms with Crippen molar-refractivity contribution in [2.75, 3.05) is 18.9 Å². The molecule has 2 aromatic rings. The summed E-state index contributed by atoms with van der Waals surface area (Å²) in [5, 5.41) is 0. The van der Waals surface area contributed by atoms with Crippen molar-refractivity contribution >= 4 is 21.6 Å². The van der Waals surface area contributed by atoms with E-state index in [-0.39, 0.29) is 16.8 Å². The molecule has 21 heavy (non-hydrogen) atoms. The maximum atomic E-state index is 13.5. The Morgan fingerprint density at radius 3 is 2.48 bits per heavy atom. The third kappa shape index (κ3) is 4.32. The first kappa shape index (κ1) is 15.6. The molecule has 0 radical (unpaired) electrons. The minimum atomic E-state index is -0.741. The van der Waals surface area contributed by atoms with Gasteiger partial charge in [0, 0.05) is 12.5 Å². The molecule has 2 rings (SSSR count). The highest BCUT2D eigenvalue weighted by Gasteiger charge is 2.10. The smallest absolute Gasteiger partial charge is 0.169 e. The molecule has 2 aromatic carbocycles. The van der Waals surface area contributed by atoms with Crippen LogP contribution in [0.1, 0.15) is 6.42 Å².